The highest BCUT2D eigenvalue weighted by atomic mass is 16.5. The summed E-state index contributed by atoms with van der Waals surface area (Å²) in [4.78, 5) is 22.6. The van der Waals surface area contributed by atoms with Crippen LogP contribution in [0.1, 0.15) is 26.2 Å². The van der Waals surface area contributed by atoms with E-state index >= 15 is 0 Å². The standard InChI is InChI=1S/C17H27NO4/c1-5-6-7-8-9-10-11-12-17(21)22-15(13-16(19)20)14-18(2,3)4/h6-11,15H,5,12-14H2,1-4H3/p+1/b7-6+,9-8+,11-10+. The summed E-state index contributed by atoms with van der Waals surface area (Å²) >= 11 is 0. The van der Waals surface area contributed by atoms with Crippen molar-refractivity contribution in [3.63, 3.8) is 0 Å². The number of rotatable bonds is 10. The molecule has 0 aromatic rings. The average Bonchev–Trinajstić information content (AvgIpc) is 2.34. The van der Waals surface area contributed by atoms with E-state index < -0.39 is 18.0 Å². The molecule has 0 fully saturated rings. The van der Waals surface area contributed by atoms with Gasteiger partial charge >= 0.3 is 11.9 Å². The molecule has 1 unspecified atom stereocenters. The highest BCUT2D eigenvalue weighted by molar-refractivity contribution is 5.72. The molecule has 0 aromatic heterocycles. The first-order valence-corrected chi connectivity index (χ1v) is 7.44. The molecule has 0 heterocycles. The molecule has 22 heavy (non-hydrogen) atoms. The van der Waals surface area contributed by atoms with Gasteiger partial charge in [0.15, 0.2) is 6.10 Å². The Hall–Kier alpha value is -1.88. The van der Waals surface area contributed by atoms with Gasteiger partial charge in [0.2, 0.25) is 0 Å². The van der Waals surface area contributed by atoms with Crippen LogP contribution in [0.2, 0.25) is 0 Å². The quantitative estimate of drug-likeness (QED) is 0.383. The van der Waals surface area contributed by atoms with Gasteiger partial charge in [-0.05, 0) is 6.42 Å². The highest BCUT2D eigenvalue weighted by Crippen LogP contribution is 2.06. The lowest BCUT2D eigenvalue weighted by atomic mass is 10.2. The van der Waals surface area contributed by atoms with E-state index in [-0.39, 0.29) is 12.8 Å². The maximum atomic E-state index is 11.7. The van der Waals surface area contributed by atoms with Gasteiger partial charge in [0.05, 0.1) is 34.0 Å². The van der Waals surface area contributed by atoms with E-state index in [0.29, 0.717) is 11.0 Å². The molecule has 1 N–H and O–H groups in total. The first-order chi connectivity index (χ1) is 10.2. The third-order valence-corrected chi connectivity index (χ3v) is 2.58. The zero-order chi connectivity index (χ0) is 17.0. The maximum absolute atomic E-state index is 11.7. The van der Waals surface area contributed by atoms with E-state index in [4.69, 9.17) is 9.84 Å². The number of quaternary nitrogens is 1. The fourth-order valence-corrected chi connectivity index (χ4v) is 1.77. The molecular weight excluding hydrogens is 282 g/mol. The largest absolute Gasteiger partial charge is 0.481 e. The highest BCUT2D eigenvalue weighted by Gasteiger charge is 2.24. The second-order valence-corrected chi connectivity index (χ2v) is 6.04. The van der Waals surface area contributed by atoms with E-state index in [9.17, 15) is 9.59 Å². The molecule has 0 aliphatic heterocycles. The van der Waals surface area contributed by atoms with Gasteiger partial charge in [-0.15, -0.1) is 0 Å². The van der Waals surface area contributed by atoms with Crippen molar-refractivity contribution in [1.29, 1.82) is 0 Å². The minimum Gasteiger partial charge on any atom is -0.481 e. The van der Waals surface area contributed by atoms with Gasteiger partial charge in [-0.25, -0.2) is 0 Å². The summed E-state index contributed by atoms with van der Waals surface area (Å²) in [5.74, 6) is -1.37. The molecule has 0 aromatic carbocycles. The first kappa shape index (κ1) is 20.1. The number of hydrogen-bond donors (Lipinski definition) is 1. The molecule has 124 valence electrons. The third kappa shape index (κ3) is 13.1. The molecule has 5 nitrogen and oxygen atoms in total. The number of allylic oxidation sites excluding steroid dienone is 5. The second-order valence-electron chi connectivity index (χ2n) is 6.04. The van der Waals surface area contributed by atoms with Crippen LogP contribution in [0, 0.1) is 0 Å². The van der Waals surface area contributed by atoms with Gasteiger partial charge in [0.1, 0.15) is 6.54 Å². The predicted molar refractivity (Wildman–Crippen MR) is 87.4 cm³/mol. The van der Waals surface area contributed by atoms with Crippen molar-refractivity contribution in [1.82, 2.24) is 0 Å². The van der Waals surface area contributed by atoms with Crippen LogP contribution in [-0.4, -0.2) is 55.3 Å². The van der Waals surface area contributed by atoms with Gasteiger partial charge in [0.25, 0.3) is 0 Å². The van der Waals surface area contributed by atoms with Gasteiger partial charge in [-0.1, -0.05) is 43.4 Å². The van der Waals surface area contributed by atoms with Crippen molar-refractivity contribution < 1.29 is 23.9 Å². The number of hydrogen-bond acceptors (Lipinski definition) is 3. The minimum atomic E-state index is -0.965. The number of carbonyl (C=O) groups is 2. The van der Waals surface area contributed by atoms with E-state index in [1.54, 1.807) is 12.2 Å². The van der Waals surface area contributed by atoms with Gasteiger partial charge in [-0.3, -0.25) is 9.59 Å². The third-order valence-electron chi connectivity index (χ3n) is 2.58. The molecule has 0 amide bonds. The Bertz CT molecular complexity index is 430. The average molecular weight is 310 g/mol. The molecular formula is C17H28NO4+. The molecule has 0 spiro atoms. The van der Waals surface area contributed by atoms with Crippen LogP contribution in [-0.2, 0) is 14.3 Å². The smallest absolute Gasteiger partial charge is 0.310 e. The van der Waals surface area contributed by atoms with Crippen LogP contribution in [0.25, 0.3) is 0 Å². The number of carbonyl (C=O) groups excluding carboxylic acids is 1. The zero-order valence-corrected chi connectivity index (χ0v) is 14.0. The Balaban J connectivity index is 4.33. The van der Waals surface area contributed by atoms with Crippen LogP contribution >= 0.6 is 0 Å². The first-order valence-electron chi connectivity index (χ1n) is 7.44. The van der Waals surface area contributed by atoms with Crippen LogP contribution < -0.4 is 0 Å². The normalized spacial score (nSPS) is 14.0. The van der Waals surface area contributed by atoms with Gasteiger partial charge < -0.3 is 14.3 Å². The van der Waals surface area contributed by atoms with Crippen molar-refractivity contribution in [2.24, 2.45) is 0 Å². The Labute approximate surface area is 133 Å². The van der Waals surface area contributed by atoms with E-state index in [2.05, 4.69) is 6.92 Å². The fourth-order valence-electron chi connectivity index (χ4n) is 1.77. The monoisotopic (exact) mass is 310 g/mol. The topological polar surface area (TPSA) is 63.6 Å². The molecule has 0 aliphatic rings. The van der Waals surface area contributed by atoms with Crippen molar-refractivity contribution in [3.8, 4) is 0 Å². The summed E-state index contributed by atoms with van der Waals surface area (Å²) in [5.41, 5.74) is 0. The Morgan fingerprint density at radius 1 is 1.09 bits per heavy atom. The van der Waals surface area contributed by atoms with Crippen LogP contribution in [0.3, 0.4) is 0 Å². The number of likely N-dealkylation sites (N-methyl/N-ethyl adjacent to an activating group) is 1. The summed E-state index contributed by atoms with van der Waals surface area (Å²) in [7, 11) is 5.78. The molecule has 0 saturated heterocycles. The summed E-state index contributed by atoms with van der Waals surface area (Å²) in [6, 6.07) is 0. The second kappa shape index (κ2) is 10.8. The lowest BCUT2D eigenvalue weighted by Crippen LogP contribution is -2.43. The summed E-state index contributed by atoms with van der Waals surface area (Å²) < 4.78 is 5.79. The summed E-state index contributed by atoms with van der Waals surface area (Å²) in [6.45, 7) is 2.52. The Kier molecular flexibility index (Phi) is 9.87. The van der Waals surface area contributed by atoms with Gasteiger partial charge in [-0.2, -0.15) is 0 Å². The molecule has 0 aliphatic carbocycles. The summed E-state index contributed by atoms with van der Waals surface area (Å²) in [5, 5.41) is 8.88. The van der Waals surface area contributed by atoms with Crippen LogP contribution in [0.4, 0.5) is 0 Å². The fraction of sp³-hybridized carbons (Fsp3) is 0.529. The van der Waals surface area contributed by atoms with E-state index in [0.717, 1.165) is 6.42 Å². The molecule has 0 radical (unpaired) electrons. The van der Waals surface area contributed by atoms with Crippen LogP contribution in [0.5, 0.6) is 0 Å². The number of esters is 1. The SMILES string of the molecule is CC/C=C/C=C/C=C/CC(=O)OC(CC(=O)O)C[N+](C)(C)C. The number of ether oxygens (including phenoxy) is 1. The van der Waals surface area contributed by atoms with Gasteiger partial charge in [0, 0.05) is 0 Å². The minimum absolute atomic E-state index is 0.134. The molecule has 0 saturated carbocycles. The Morgan fingerprint density at radius 3 is 2.18 bits per heavy atom. The number of aliphatic carboxylic acids is 1. The number of carboxylic acid groups (broad SMARTS) is 1. The molecule has 1 atom stereocenters. The lowest BCUT2D eigenvalue weighted by Gasteiger charge is -2.28. The summed E-state index contributed by atoms with van der Waals surface area (Å²) in [6.07, 6.45) is 11.5. The zero-order valence-electron chi connectivity index (χ0n) is 14.0. The number of nitrogens with zero attached hydrogens (tertiary/aromatic N) is 1. The van der Waals surface area contributed by atoms with Crippen LogP contribution in [0.15, 0.2) is 36.5 Å². The lowest BCUT2D eigenvalue weighted by molar-refractivity contribution is -0.873. The van der Waals surface area contributed by atoms with Crippen molar-refractivity contribution >= 4 is 11.9 Å². The predicted octanol–water partition coefficient (Wildman–Crippen LogP) is 2.55. The molecule has 0 bridgehead atoms. The van der Waals surface area contributed by atoms with Crippen molar-refractivity contribution in [2.45, 2.75) is 32.3 Å². The maximum Gasteiger partial charge on any atom is 0.310 e. The number of carboxylic acids is 1. The Morgan fingerprint density at radius 2 is 1.68 bits per heavy atom. The van der Waals surface area contributed by atoms with E-state index in [1.807, 2.05) is 45.4 Å². The van der Waals surface area contributed by atoms with Crippen molar-refractivity contribution in [3.05, 3.63) is 36.5 Å². The van der Waals surface area contributed by atoms with Crippen molar-refractivity contribution in [2.75, 3.05) is 27.7 Å². The molecule has 0 rings (SSSR count). The molecule has 5 heteroatoms. The van der Waals surface area contributed by atoms with E-state index in [1.165, 1.54) is 0 Å².